The summed E-state index contributed by atoms with van der Waals surface area (Å²) in [7, 11) is 0. The Hall–Kier alpha value is -0.800. The first-order chi connectivity index (χ1) is 7.45. The molecule has 2 N–H and O–H groups in total. The number of benzene rings is 1. The lowest BCUT2D eigenvalue weighted by atomic mass is 10.1. The lowest BCUT2D eigenvalue weighted by molar-refractivity contribution is 0.263. The van der Waals surface area contributed by atoms with Gasteiger partial charge in [-0.3, -0.25) is 0 Å². The Bertz CT molecular complexity index is 383. The van der Waals surface area contributed by atoms with E-state index in [2.05, 4.69) is 0 Å². The standard InChI is InChI=1S/C12H16ClNOS/c1-4-10(12(14)16)15-9-5-7(2)11(13)8(3)6-9/h5-6,10H,4H2,1-3H3,(H2,14,16). The Morgan fingerprint density at radius 3 is 2.31 bits per heavy atom. The van der Waals surface area contributed by atoms with Crippen molar-refractivity contribution in [1.82, 2.24) is 0 Å². The van der Waals surface area contributed by atoms with Crippen molar-refractivity contribution in [2.75, 3.05) is 0 Å². The molecule has 4 heteroatoms. The molecule has 16 heavy (non-hydrogen) atoms. The van der Waals surface area contributed by atoms with Crippen molar-refractivity contribution in [2.24, 2.45) is 5.73 Å². The van der Waals surface area contributed by atoms with Gasteiger partial charge in [0.25, 0.3) is 0 Å². The molecule has 2 nitrogen and oxygen atoms in total. The van der Waals surface area contributed by atoms with E-state index in [0.717, 1.165) is 28.3 Å². The average Bonchev–Trinajstić information content (AvgIpc) is 2.21. The predicted molar refractivity (Wildman–Crippen MR) is 72.4 cm³/mol. The van der Waals surface area contributed by atoms with Gasteiger partial charge in [0.05, 0.1) is 0 Å². The fourth-order valence-electron chi connectivity index (χ4n) is 1.48. The molecule has 1 unspecified atom stereocenters. The zero-order valence-corrected chi connectivity index (χ0v) is 11.3. The minimum Gasteiger partial charge on any atom is -0.483 e. The molecule has 0 heterocycles. The first kappa shape index (κ1) is 13.3. The highest BCUT2D eigenvalue weighted by atomic mass is 35.5. The van der Waals surface area contributed by atoms with Crippen molar-refractivity contribution < 1.29 is 4.74 Å². The minimum absolute atomic E-state index is 0.213. The number of hydrogen-bond acceptors (Lipinski definition) is 2. The number of nitrogens with two attached hydrogens (primary N) is 1. The highest BCUT2D eigenvalue weighted by Crippen LogP contribution is 2.26. The molecular weight excluding hydrogens is 242 g/mol. The molecule has 0 aliphatic heterocycles. The van der Waals surface area contributed by atoms with E-state index < -0.39 is 0 Å². The molecule has 0 aliphatic rings. The molecule has 0 aliphatic carbocycles. The monoisotopic (exact) mass is 257 g/mol. The molecule has 0 saturated carbocycles. The third-order valence-corrected chi connectivity index (χ3v) is 3.24. The Balaban J connectivity index is 2.93. The molecule has 0 radical (unpaired) electrons. The third kappa shape index (κ3) is 3.09. The maximum Gasteiger partial charge on any atom is 0.148 e. The quantitative estimate of drug-likeness (QED) is 0.840. The van der Waals surface area contributed by atoms with Gasteiger partial charge in [-0.05, 0) is 43.5 Å². The molecule has 0 fully saturated rings. The Morgan fingerprint density at radius 2 is 1.94 bits per heavy atom. The third-order valence-electron chi connectivity index (χ3n) is 2.38. The zero-order valence-electron chi connectivity index (χ0n) is 9.71. The largest absolute Gasteiger partial charge is 0.483 e. The van der Waals surface area contributed by atoms with E-state index in [1.165, 1.54) is 0 Å². The number of rotatable bonds is 4. The van der Waals surface area contributed by atoms with Crippen molar-refractivity contribution in [3.05, 3.63) is 28.3 Å². The number of aryl methyl sites for hydroxylation is 2. The second-order valence-electron chi connectivity index (χ2n) is 3.79. The van der Waals surface area contributed by atoms with Crippen LogP contribution < -0.4 is 10.5 Å². The van der Waals surface area contributed by atoms with Crippen LogP contribution in [-0.4, -0.2) is 11.1 Å². The van der Waals surface area contributed by atoms with E-state index in [0.29, 0.717) is 4.99 Å². The van der Waals surface area contributed by atoms with Crippen molar-refractivity contribution in [2.45, 2.75) is 33.3 Å². The molecule has 1 aromatic carbocycles. The molecule has 1 atom stereocenters. The van der Waals surface area contributed by atoms with Crippen LogP contribution in [0.25, 0.3) is 0 Å². The fraction of sp³-hybridized carbons (Fsp3) is 0.417. The second kappa shape index (κ2) is 5.51. The summed E-state index contributed by atoms with van der Waals surface area (Å²) < 4.78 is 5.72. The van der Waals surface area contributed by atoms with E-state index in [4.69, 9.17) is 34.3 Å². The van der Waals surface area contributed by atoms with Gasteiger partial charge in [0.15, 0.2) is 0 Å². The predicted octanol–water partition coefficient (Wildman–Crippen LogP) is 3.40. The van der Waals surface area contributed by atoms with Crippen LogP contribution in [0.4, 0.5) is 0 Å². The van der Waals surface area contributed by atoms with Crippen LogP contribution in [-0.2, 0) is 0 Å². The molecule has 88 valence electrons. The summed E-state index contributed by atoms with van der Waals surface area (Å²) in [5.74, 6) is 0.763. The average molecular weight is 258 g/mol. The number of ether oxygens (including phenoxy) is 1. The fourth-order valence-corrected chi connectivity index (χ4v) is 1.80. The zero-order chi connectivity index (χ0) is 12.3. The Kier molecular flexibility index (Phi) is 4.56. The Labute approximate surface area is 107 Å². The first-order valence-corrected chi connectivity index (χ1v) is 5.97. The molecule has 1 aromatic rings. The van der Waals surface area contributed by atoms with Gasteiger partial charge in [-0.15, -0.1) is 0 Å². The van der Waals surface area contributed by atoms with Gasteiger partial charge in [-0.25, -0.2) is 0 Å². The van der Waals surface area contributed by atoms with Gasteiger partial charge in [0, 0.05) is 5.02 Å². The normalized spacial score (nSPS) is 12.2. The molecule has 0 amide bonds. The topological polar surface area (TPSA) is 35.2 Å². The van der Waals surface area contributed by atoms with Gasteiger partial charge in [0.2, 0.25) is 0 Å². The van der Waals surface area contributed by atoms with E-state index >= 15 is 0 Å². The van der Waals surface area contributed by atoms with Crippen LogP contribution in [0.1, 0.15) is 24.5 Å². The molecular formula is C12H16ClNOS. The summed E-state index contributed by atoms with van der Waals surface area (Å²) in [6.45, 7) is 5.88. The minimum atomic E-state index is -0.213. The van der Waals surface area contributed by atoms with Crippen molar-refractivity contribution in [3.8, 4) is 5.75 Å². The molecule has 0 saturated heterocycles. The SMILES string of the molecule is CCC(Oc1cc(C)c(Cl)c(C)c1)C(N)=S. The van der Waals surface area contributed by atoms with Gasteiger partial charge in [0.1, 0.15) is 16.8 Å². The number of hydrogen-bond donors (Lipinski definition) is 1. The first-order valence-electron chi connectivity index (χ1n) is 5.18. The van der Waals surface area contributed by atoms with Crippen molar-refractivity contribution >= 4 is 28.8 Å². The van der Waals surface area contributed by atoms with Crippen molar-refractivity contribution in [1.29, 1.82) is 0 Å². The summed E-state index contributed by atoms with van der Waals surface area (Å²) in [6, 6.07) is 3.80. The molecule has 0 spiro atoms. The van der Waals surface area contributed by atoms with Gasteiger partial charge in [-0.2, -0.15) is 0 Å². The summed E-state index contributed by atoms with van der Waals surface area (Å²) >= 11 is 11.0. The maximum absolute atomic E-state index is 6.08. The summed E-state index contributed by atoms with van der Waals surface area (Å²) in [5.41, 5.74) is 7.57. The molecule has 1 rings (SSSR count). The van der Waals surface area contributed by atoms with E-state index in [1.807, 2.05) is 32.9 Å². The number of thiocarbonyl (C=S) groups is 1. The summed E-state index contributed by atoms with van der Waals surface area (Å²) in [4.78, 5) is 0.382. The van der Waals surface area contributed by atoms with Gasteiger partial charge >= 0.3 is 0 Å². The van der Waals surface area contributed by atoms with E-state index in [-0.39, 0.29) is 6.10 Å². The lowest BCUT2D eigenvalue weighted by Crippen LogP contribution is -2.31. The molecule has 0 aromatic heterocycles. The van der Waals surface area contributed by atoms with Gasteiger partial charge in [-0.1, -0.05) is 30.7 Å². The second-order valence-corrected chi connectivity index (χ2v) is 4.64. The maximum atomic E-state index is 6.08. The highest BCUT2D eigenvalue weighted by Gasteiger charge is 2.12. The number of halogens is 1. The van der Waals surface area contributed by atoms with Crippen LogP contribution >= 0.6 is 23.8 Å². The van der Waals surface area contributed by atoms with E-state index in [9.17, 15) is 0 Å². The summed E-state index contributed by atoms with van der Waals surface area (Å²) in [5, 5.41) is 0.774. The van der Waals surface area contributed by atoms with Crippen molar-refractivity contribution in [3.63, 3.8) is 0 Å². The van der Waals surface area contributed by atoms with Crippen LogP contribution in [0.15, 0.2) is 12.1 Å². The molecule has 0 bridgehead atoms. The lowest BCUT2D eigenvalue weighted by Gasteiger charge is -2.17. The van der Waals surface area contributed by atoms with Gasteiger partial charge < -0.3 is 10.5 Å². The highest BCUT2D eigenvalue weighted by molar-refractivity contribution is 7.80. The summed E-state index contributed by atoms with van der Waals surface area (Å²) in [6.07, 6.45) is 0.547. The van der Waals surface area contributed by atoms with Crippen LogP contribution in [0, 0.1) is 13.8 Å². The van der Waals surface area contributed by atoms with Crippen LogP contribution in [0.2, 0.25) is 5.02 Å². The smallest absolute Gasteiger partial charge is 0.148 e. The Morgan fingerprint density at radius 1 is 1.44 bits per heavy atom. The van der Waals surface area contributed by atoms with Crippen LogP contribution in [0.3, 0.4) is 0 Å². The van der Waals surface area contributed by atoms with Crippen LogP contribution in [0.5, 0.6) is 5.75 Å². The van der Waals surface area contributed by atoms with E-state index in [1.54, 1.807) is 0 Å².